The molecule has 1 saturated heterocycles. The lowest BCUT2D eigenvalue weighted by atomic mass is 10.0. The van der Waals surface area contributed by atoms with Crippen molar-refractivity contribution in [3.05, 3.63) is 69.6 Å². The molecule has 0 aliphatic carbocycles. The van der Waals surface area contributed by atoms with E-state index in [0.717, 1.165) is 16.8 Å². The van der Waals surface area contributed by atoms with Crippen LogP contribution in [-0.2, 0) is 10.0 Å². The molecule has 3 aromatic rings. The van der Waals surface area contributed by atoms with Crippen molar-refractivity contribution in [1.29, 1.82) is 0 Å². The van der Waals surface area contributed by atoms with E-state index in [2.05, 4.69) is 15.0 Å². The first-order valence-electron chi connectivity index (χ1n) is 9.18. The van der Waals surface area contributed by atoms with Crippen LogP contribution in [0.2, 0.25) is 4.34 Å². The van der Waals surface area contributed by atoms with Crippen LogP contribution in [-0.4, -0.2) is 31.9 Å². The Morgan fingerprint density at radius 3 is 2.68 bits per heavy atom. The van der Waals surface area contributed by atoms with E-state index in [9.17, 15) is 8.42 Å². The minimum atomic E-state index is -3.50. The highest BCUT2D eigenvalue weighted by atomic mass is 35.5. The average molecular weight is 495 g/mol. The fourth-order valence-corrected chi connectivity index (χ4v) is 5.63. The minimum Gasteiger partial charge on any atom is -0.495 e. The SMILES string of the molecule is COc1ccc(N2C(=S)N[C@H](c3ccccn3)[C@@H]2c2ccc(Cl)s2)cc1NS(C)(=O)=O. The van der Waals surface area contributed by atoms with E-state index in [1.165, 1.54) is 18.4 Å². The number of nitrogens with zero attached hydrogens (tertiary/aromatic N) is 2. The molecule has 3 heterocycles. The van der Waals surface area contributed by atoms with Gasteiger partial charge < -0.3 is 15.0 Å². The lowest BCUT2D eigenvalue weighted by Crippen LogP contribution is -2.29. The van der Waals surface area contributed by atoms with Crippen LogP contribution in [0.15, 0.2) is 54.7 Å². The molecule has 0 radical (unpaired) electrons. The van der Waals surface area contributed by atoms with Gasteiger partial charge in [0, 0.05) is 16.8 Å². The van der Waals surface area contributed by atoms with Crippen LogP contribution in [0, 0.1) is 0 Å². The van der Waals surface area contributed by atoms with Gasteiger partial charge in [-0.3, -0.25) is 9.71 Å². The number of thiophene rings is 1. The quantitative estimate of drug-likeness (QED) is 0.493. The van der Waals surface area contributed by atoms with Crippen molar-refractivity contribution in [3.63, 3.8) is 0 Å². The molecule has 1 aromatic carbocycles. The van der Waals surface area contributed by atoms with Gasteiger partial charge in [0.25, 0.3) is 0 Å². The number of aromatic nitrogens is 1. The molecule has 162 valence electrons. The van der Waals surface area contributed by atoms with Gasteiger partial charge in [-0.25, -0.2) is 8.42 Å². The molecule has 1 aliphatic rings. The summed E-state index contributed by atoms with van der Waals surface area (Å²) in [7, 11) is -2.02. The predicted octanol–water partition coefficient (Wildman–Crippen LogP) is 4.35. The summed E-state index contributed by atoms with van der Waals surface area (Å²) in [5, 5.41) is 3.86. The van der Waals surface area contributed by atoms with Crippen molar-refractivity contribution in [2.24, 2.45) is 0 Å². The van der Waals surface area contributed by atoms with Gasteiger partial charge in [-0.15, -0.1) is 11.3 Å². The molecule has 2 aromatic heterocycles. The van der Waals surface area contributed by atoms with Gasteiger partial charge in [0.15, 0.2) is 5.11 Å². The Hall–Kier alpha value is -2.40. The molecule has 0 bridgehead atoms. The first-order chi connectivity index (χ1) is 14.8. The normalized spacial score (nSPS) is 18.7. The van der Waals surface area contributed by atoms with Gasteiger partial charge in [-0.05, 0) is 54.7 Å². The number of sulfonamides is 1. The molecular formula is C20H19ClN4O3S3. The molecule has 1 aliphatic heterocycles. The third-order valence-electron chi connectivity index (χ3n) is 4.74. The van der Waals surface area contributed by atoms with Crippen molar-refractivity contribution in [3.8, 4) is 5.75 Å². The summed E-state index contributed by atoms with van der Waals surface area (Å²) in [4.78, 5) is 7.46. The van der Waals surface area contributed by atoms with Gasteiger partial charge >= 0.3 is 0 Å². The van der Waals surface area contributed by atoms with Crippen LogP contribution < -0.4 is 19.7 Å². The van der Waals surface area contributed by atoms with Crippen molar-refractivity contribution in [2.75, 3.05) is 23.0 Å². The smallest absolute Gasteiger partial charge is 0.229 e. The van der Waals surface area contributed by atoms with Crippen molar-refractivity contribution >= 4 is 61.7 Å². The number of thiocarbonyl (C=S) groups is 1. The maximum Gasteiger partial charge on any atom is 0.229 e. The molecule has 7 nitrogen and oxygen atoms in total. The van der Waals surface area contributed by atoms with Crippen molar-refractivity contribution < 1.29 is 13.2 Å². The lowest BCUT2D eigenvalue weighted by molar-refractivity contribution is 0.417. The summed E-state index contributed by atoms with van der Waals surface area (Å²) in [6.45, 7) is 0. The molecule has 2 N–H and O–H groups in total. The van der Waals surface area contributed by atoms with Crippen LogP contribution in [0.1, 0.15) is 22.7 Å². The zero-order chi connectivity index (χ0) is 22.2. The van der Waals surface area contributed by atoms with Crippen LogP contribution in [0.4, 0.5) is 11.4 Å². The third kappa shape index (κ3) is 4.62. The highest BCUT2D eigenvalue weighted by Crippen LogP contribution is 2.45. The molecule has 0 saturated carbocycles. The fraction of sp³-hybridized carbons (Fsp3) is 0.200. The van der Waals surface area contributed by atoms with Crippen LogP contribution in [0.3, 0.4) is 0 Å². The Bertz CT molecular complexity index is 1220. The fourth-order valence-electron chi connectivity index (χ4n) is 3.53. The van der Waals surface area contributed by atoms with Gasteiger partial charge in [0.2, 0.25) is 10.0 Å². The highest BCUT2D eigenvalue weighted by Gasteiger charge is 2.41. The van der Waals surface area contributed by atoms with E-state index in [0.29, 0.717) is 26.6 Å². The molecular weight excluding hydrogens is 476 g/mol. The second kappa shape index (κ2) is 8.62. The number of nitrogens with one attached hydrogen (secondary N) is 2. The van der Waals surface area contributed by atoms with E-state index in [4.69, 9.17) is 28.6 Å². The van der Waals surface area contributed by atoms with Gasteiger partial charge in [0.1, 0.15) is 5.75 Å². The van der Waals surface area contributed by atoms with Gasteiger partial charge in [0.05, 0.1) is 41.2 Å². The topological polar surface area (TPSA) is 83.6 Å². The van der Waals surface area contributed by atoms with Crippen LogP contribution in [0.25, 0.3) is 0 Å². The molecule has 0 amide bonds. The third-order valence-corrected chi connectivity index (χ3v) is 6.95. The number of methoxy groups -OCH3 is 1. The average Bonchev–Trinajstić information content (AvgIpc) is 3.30. The first kappa shape index (κ1) is 21.8. The minimum absolute atomic E-state index is 0.211. The molecule has 0 unspecified atom stereocenters. The highest BCUT2D eigenvalue weighted by molar-refractivity contribution is 7.92. The van der Waals surface area contributed by atoms with E-state index in [1.54, 1.807) is 18.3 Å². The van der Waals surface area contributed by atoms with E-state index in [-0.39, 0.29) is 12.1 Å². The summed E-state index contributed by atoms with van der Waals surface area (Å²) >= 11 is 13.4. The second-order valence-corrected chi connectivity index (χ2v) is 10.8. The number of hydrogen-bond donors (Lipinski definition) is 2. The van der Waals surface area contributed by atoms with E-state index >= 15 is 0 Å². The summed E-state index contributed by atoms with van der Waals surface area (Å²) in [6.07, 6.45) is 2.83. The summed E-state index contributed by atoms with van der Waals surface area (Å²) < 4.78 is 32.2. The number of benzene rings is 1. The molecule has 11 heteroatoms. The lowest BCUT2D eigenvalue weighted by Gasteiger charge is -2.27. The van der Waals surface area contributed by atoms with Gasteiger partial charge in [-0.1, -0.05) is 17.7 Å². The number of pyridine rings is 1. The molecule has 1 fully saturated rings. The number of anilines is 2. The molecule has 0 spiro atoms. The van der Waals surface area contributed by atoms with E-state index in [1.807, 2.05) is 41.3 Å². The van der Waals surface area contributed by atoms with Gasteiger partial charge in [-0.2, -0.15) is 0 Å². The van der Waals surface area contributed by atoms with Crippen molar-refractivity contribution in [2.45, 2.75) is 12.1 Å². The summed E-state index contributed by atoms with van der Waals surface area (Å²) in [5.74, 6) is 0.407. The Kier molecular flexibility index (Phi) is 6.07. The van der Waals surface area contributed by atoms with Crippen LogP contribution in [0.5, 0.6) is 5.75 Å². The molecule has 31 heavy (non-hydrogen) atoms. The largest absolute Gasteiger partial charge is 0.495 e. The monoisotopic (exact) mass is 494 g/mol. The molecule has 2 atom stereocenters. The summed E-state index contributed by atoms with van der Waals surface area (Å²) in [6, 6.07) is 14.4. The first-order valence-corrected chi connectivity index (χ1v) is 12.7. The predicted molar refractivity (Wildman–Crippen MR) is 129 cm³/mol. The van der Waals surface area contributed by atoms with E-state index < -0.39 is 10.0 Å². The maximum atomic E-state index is 11.9. The Balaban J connectivity index is 1.82. The zero-order valence-corrected chi connectivity index (χ0v) is 19.8. The van der Waals surface area contributed by atoms with Crippen molar-refractivity contribution in [1.82, 2.24) is 10.3 Å². The van der Waals surface area contributed by atoms with Crippen LogP contribution >= 0.6 is 35.2 Å². The Morgan fingerprint density at radius 2 is 2.06 bits per heavy atom. The second-order valence-electron chi connectivity index (χ2n) is 6.90. The maximum absolute atomic E-state index is 11.9. The zero-order valence-electron chi connectivity index (χ0n) is 16.6. The molecule has 4 rings (SSSR count). The Morgan fingerprint density at radius 1 is 1.26 bits per heavy atom. The number of hydrogen-bond acceptors (Lipinski definition) is 6. The standard InChI is InChI=1S/C20H19ClN4O3S3/c1-28-15-7-6-12(11-14(15)24-31(2,26)27)25-19(16-8-9-17(21)30-16)18(23-20(25)29)13-5-3-4-10-22-13/h3-11,18-19,24H,1-2H3,(H,23,29)/t18-,19+/m1/s1. The number of rotatable bonds is 6. The Labute approximate surface area is 195 Å². The number of halogens is 1. The number of ether oxygens (including phenoxy) is 1. The summed E-state index contributed by atoms with van der Waals surface area (Å²) in [5.41, 5.74) is 1.87.